The Bertz CT molecular complexity index is 2230. The predicted octanol–water partition coefficient (Wildman–Crippen LogP) is 9.33. The molecule has 5 aromatic rings. The summed E-state index contributed by atoms with van der Waals surface area (Å²) < 4.78 is 0. The van der Waals surface area contributed by atoms with Crippen LogP contribution in [0.15, 0.2) is 36.4 Å². The van der Waals surface area contributed by atoms with Crippen molar-refractivity contribution in [3.63, 3.8) is 0 Å². The van der Waals surface area contributed by atoms with Crippen molar-refractivity contribution < 1.29 is 29.1 Å². The van der Waals surface area contributed by atoms with Crippen molar-refractivity contribution in [2.45, 2.75) is 97.8 Å². The molecule has 0 atom stereocenters. The highest BCUT2D eigenvalue weighted by Crippen LogP contribution is 2.48. The molecule has 0 spiro atoms. The van der Waals surface area contributed by atoms with E-state index in [1.165, 1.54) is 29.1 Å². The minimum atomic E-state index is -0.793. The van der Waals surface area contributed by atoms with Gasteiger partial charge >= 0.3 is 5.97 Å². The first-order valence-corrected chi connectivity index (χ1v) is 18.3. The van der Waals surface area contributed by atoms with Crippen LogP contribution in [0.4, 0.5) is 0 Å². The lowest BCUT2D eigenvalue weighted by Crippen LogP contribution is -2.41. The Labute approximate surface area is 291 Å². The van der Waals surface area contributed by atoms with Gasteiger partial charge in [-0.25, -0.2) is 0 Å². The molecule has 8 nitrogen and oxygen atoms in total. The zero-order chi connectivity index (χ0) is 35.3. The first-order valence-electron chi connectivity index (χ1n) is 18.3. The molecule has 0 radical (unpaired) electrons. The normalized spacial score (nSPS) is 14.5. The van der Waals surface area contributed by atoms with Crippen LogP contribution in [0.1, 0.15) is 137 Å². The van der Waals surface area contributed by atoms with Crippen molar-refractivity contribution in [3.8, 4) is 0 Å². The number of benzene rings is 5. The summed E-state index contributed by atoms with van der Waals surface area (Å²) in [5.41, 5.74) is 3.92. The molecule has 2 heterocycles. The number of imide groups is 2. The fourth-order valence-electron chi connectivity index (χ4n) is 8.50. The Morgan fingerprint density at radius 2 is 0.920 bits per heavy atom. The quantitative estimate of drug-likeness (QED) is 0.0513. The number of amides is 4. The molecule has 50 heavy (non-hydrogen) atoms. The fraction of sp³-hybridized carbons (Fsp3) is 0.405. The minimum absolute atomic E-state index is 0.155. The summed E-state index contributed by atoms with van der Waals surface area (Å²) in [5, 5.41) is 15.7. The number of nitrogens with zero attached hydrogens (tertiary/aromatic N) is 2. The third-order valence-electron chi connectivity index (χ3n) is 10.9. The monoisotopic (exact) mass is 672 g/mol. The lowest BCUT2D eigenvalue weighted by molar-refractivity contribution is -0.137. The van der Waals surface area contributed by atoms with E-state index >= 15 is 0 Å². The summed E-state index contributed by atoms with van der Waals surface area (Å²) >= 11 is 0. The summed E-state index contributed by atoms with van der Waals surface area (Å²) in [6.45, 7) is 6.88. The number of carboxylic acid groups (broad SMARTS) is 1. The largest absolute Gasteiger partial charge is 0.481 e. The molecule has 258 valence electrons. The van der Waals surface area contributed by atoms with Gasteiger partial charge in [-0.05, 0) is 101 Å². The van der Waals surface area contributed by atoms with Gasteiger partial charge in [0.1, 0.15) is 0 Å². The maximum atomic E-state index is 14.0. The molecule has 0 bridgehead atoms. The number of rotatable bonds is 15. The average molecular weight is 673 g/mol. The number of aliphatic carboxylic acids is 1. The number of unbranched alkanes of at least 4 members (excludes halogenated alkanes) is 9. The van der Waals surface area contributed by atoms with Gasteiger partial charge in [-0.15, -0.1) is 0 Å². The van der Waals surface area contributed by atoms with E-state index in [-0.39, 0.29) is 30.0 Å². The van der Waals surface area contributed by atoms with E-state index in [1.807, 2.05) is 50.2 Å². The Morgan fingerprint density at radius 3 is 1.36 bits per heavy atom. The van der Waals surface area contributed by atoms with Gasteiger partial charge in [0.2, 0.25) is 0 Å². The van der Waals surface area contributed by atoms with E-state index in [2.05, 4.69) is 6.92 Å². The van der Waals surface area contributed by atoms with Crippen molar-refractivity contribution >= 4 is 72.7 Å². The molecule has 0 aromatic heterocycles. The van der Waals surface area contributed by atoms with Crippen LogP contribution in [0.2, 0.25) is 0 Å². The number of aryl methyl sites for hydroxylation is 2. The minimum Gasteiger partial charge on any atom is -0.481 e. The van der Waals surface area contributed by atoms with E-state index in [0.29, 0.717) is 59.0 Å². The van der Waals surface area contributed by atoms with Crippen LogP contribution in [-0.2, 0) is 4.79 Å². The highest BCUT2D eigenvalue weighted by molar-refractivity contribution is 6.42. The fourth-order valence-corrected chi connectivity index (χ4v) is 8.50. The topological polar surface area (TPSA) is 112 Å². The highest BCUT2D eigenvalue weighted by atomic mass is 16.4. The molecule has 0 fully saturated rings. The van der Waals surface area contributed by atoms with Gasteiger partial charge < -0.3 is 5.11 Å². The average Bonchev–Trinajstić information content (AvgIpc) is 3.09. The molecule has 0 aliphatic carbocycles. The number of hydrogen-bond donors (Lipinski definition) is 1. The molecule has 0 saturated carbocycles. The Hall–Kier alpha value is -4.85. The van der Waals surface area contributed by atoms with Crippen molar-refractivity contribution in [3.05, 3.63) is 69.8 Å². The van der Waals surface area contributed by atoms with Crippen LogP contribution < -0.4 is 0 Å². The maximum Gasteiger partial charge on any atom is 0.303 e. The van der Waals surface area contributed by atoms with Crippen molar-refractivity contribution in [1.82, 2.24) is 9.80 Å². The van der Waals surface area contributed by atoms with Gasteiger partial charge in [-0.3, -0.25) is 33.8 Å². The van der Waals surface area contributed by atoms with Gasteiger partial charge in [0.05, 0.1) is 0 Å². The second kappa shape index (κ2) is 13.5. The zero-order valence-electron chi connectivity index (χ0n) is 29.2. The standard InChI is InChI=1S/C42H44N2O6/c1-4-5-6-7-10-13-20-43-39(47)28-18-16-26-34-25(3)23-31-36-29(40(48)44(42(31)50)21-14-11-8-9-12-15-32(45)46)19-17-27(38(34)36)33-24(2)22-30(41(43)49)35(28)37(26)33/h16-19,22-23H,4-15,20-21H2,1-3H3,(H,45,46). The lowest BCUT2D eigenvalue weighted by atomic mass is 9.79. The first kappa shape index (κ1) is 33.6. The summed E-state index contributed by atoms with van der Waals surface area (Å²) in [6, 6.07) is 11.4. The number of fused-ring (bicyclic) bond motifs is 2. The SMILES string of the molecule is CCCCCCCCN1C(=O)c2ccc3c4c(C)cc5c6c(ccc(c7c(C)cc(c2c37)C1=O)c64)C(=O)N(CCCCCCCC(=O)O)C5=O. The first-order chi connectivity index (χ1) is 24.1. The molecule has 1 N–H and O–H groups in total. The number of hydrogen-bond acceptors (Lipinski definition) is 5. The molecule has 0 saturated heterocycles. The molecule has 4 amide bonds. The zero-order valence-corrected chi connectivity index (χ0v) is 29.2. The third kappa shape index (κ3) is 5.40. The molecule has 0 unspecified atom stereocenters. The highest BCUT2D eigenvalue weighted by Gasteiger charge is 2.37. The van der Waals surface area contributed by atoms with Gasteiger partial charge in [0.15, 0.2) is 0 Å². The van der Waals surface area contributed by atoms with Gasteiger partial charge in [0, 0.05) is 52.5 Å². The summed E-state index contributed by atoms with van der Waals surface area (Å²) in [5.74, 6) is -1.88. The van der Waals surface area contributed by atoms with Gasteiger partial charge in [-0.1, -0.05) is 70.4 Å². The van der Waals surface area contributed by atoms with E-state index < -0.39 is 5.97 Å². The van der Waals surface area contributed by atoms with Crippen molar-refractivity contribution in [2.24, 2.45) is 0 Å². The van der Waals surface area contributed by atoms with E-state index in [0.717, 1.165) is 82.0 Å². The van der Waals surface area contributed by atoms with Crippen LogP contribution in [0.5, 0.6) is 0 Å². The summed E-state index contributed by atoms with van der Waals surface area (Å²) in [4.78, 5) is 69.3. The van der Waals surface area contributed by atoms with Crippen LogP contribution in [-0.4, -0.2) is 57.6 Å². The number of carbonyl (C=O) groups excluding carboxylic acids is 4. The van der Waals surface area contributed by atoms with Gasteiger partial charge in [-0.2, -0.15) is 0 Å². The van der Waals surface area contributed by atoms with Crippen LogP contribution in [0.3, 0.4) is 0 Å². The summed E-state index contributed by atoms with van der Waals surface area (Å²) in [7, 11) is 0. The van der Waals surface area contributed by atoms with Crippen LogP contribution in [0, 0.1) is 13.8 Å². The molecule has 8 heteroatoms. The van der Waals surface area contributed by atoms with Gasteiger partial charge in [0.25, 0.3) is 23.6 Å². The second-order valence-corrected chi connectivity index (χ2v) is 14.3. The number of carbonyl (C=O) groups is 5. The Kier molecular flexibility index (Phi) is 9.06. The molecular weight excluding hydrogens is 628 g/mol. The molecule has 2 aliphatic rings. The maximum absolute atomic E-state index is 14.0. The lowest BCUT2D eigenvalue weighted by Gasteiger charge is -2.31. The van der Waals surface area contributed by atoms with Crippen LogP contribution >= 0.6 is 0 Å². The van der Waals surface area contributed by atoms with Crippen molar-refractivity contribution in [1.29, 1.82) is 0 Å². The summed E-state index contributed by atoms with van der Waals surface area (Å²) in [6.07, 6.45) is 10.3. The molecule has 7 rings (SSSR count). The third-order valence-corrected chi connectivity index (χ3v) is 10.9. The second-order valence-electron chi connectivity index (χ2n) is 14.3. The Morgan fingerprint density at radius 1 is 0.520 bits per heavy atom. The smallest absolute Gasteiger partial charge is 0.303 e. The Balaban J connectivity index is 1.28. The predicted molar refractivity (Wildman–Crippen MR) is 197 cm³/mol. The van der Waals surface area contributed by atoms with E-state index in [4.69, 9.17) is 5.11 Å². The van der Waals surface area contributed by atoms with Crippen molar-refractivity contribution in [2.75, 3.05) is 13.1 Å². The molecular formula is C42H44N2O6. The number of carboxylic acids is 1. The van der Waals surface area contributed by atoms with Crippen LogP contribution in [0.25, 0.3) is 43.1 Å². The molecule has 5 aromatic carbocycles. The molecule has 2 aliphatic heterocycles. The van der Waals surface area contributed by atoms with E-state index in [9.17, 15) is 24.0 Å². The van der Waals surface area contributed by atoms with E-state index in [1.54, 1.807) is 0 Å².